The minimum atomic E-state index is 0.909. The molecule has 1 aliphatic heterocycles. The van der Waals surface area contributed by atoms with Gasteiger partial charge < -0.3 is 4.74 Å². The Morgan fingerprint density at radius 1 is 1.38 bits per heavy atom. The van der Waals surface area contributed by atoms with Gasteiger partial charge in [-0.2, -0.15) is 0 Å². The lowest BCUT2D eigenvalue weighted by Gasteiger charge is -2.03. The molecule has 0 saturated heterocycles. The first-order chi connectivity index (χ1) is 6.40. The van der Waals surface area contributed by atoms with Crippen LogP contribution < -0.4 is 4.74 Å². The SMILES string of the molecule is COc1cccc(C2=NCCC2)c1. The van der Waals surface area contributed by atoms with Gasteiger partial charge in [0.2, 0.25) is 0 Å². The molecule has 0 aromatic heterocycles. The molecule has 13 heavy (non-hydrogen) atoms. The van der Waals surface area contributed by atoms with Crippen molar-refractivity contribution in [2.75, 3.05) is 13.7 Å². The Balaban J connectivity index is 2.29. The highest BCUT2D eigenvalue weighted by atomic mass is 16.5. The Morgan fingerprint density at radius 3 is 3.00 bits per heavy atom. The molecule has 0 fully saturated rings. The van der Waals surface area contributed by atoms with E-state index in [2.05, 4.69) is 11.1 Å². The van der Waals surface area contributed by atoms with Crippen molar-refractivity contribution in [3.8, 4) is 5.75 Å². The molecule has 2 rings (SSSR count). The number of rotatable bonds is 2. The smallest absolute Gasteiger partial charge is 0.119 e. The first-order valence-corrected chi connectivity index (χ1v) is 4.58. The zero-order valence-electron chi connectivity index (χ0n) is 7.79. The van der Waals surface area contributed by atoms with Crippen molar-refractivity contribution in [1.29, 1.82) is 0 Å². The van der Waals surface area contributed by atoms with Crippen LogP contribution in [0.1, 0.15) is 18.4 Å². The second kappa shape index (κ2) is 3.60. The van der Waals surface area contributed by atoms with E-state index in [0.29, 0.717) is 0 Å². The first-order valence-electron chi connectivity index (χ1n) is 4.58. The van der Waals surface area contributed by atoms with E-state index in [1.54, 1.807) is 7.11 Å². The van der Waals surface area contributed by atoms with Gasteiger partial charge in [0.1, 0.15) is 5.75 Å². The van der Waals surface area contributed by atoms with Crippen LogP contribution >= 0.6 is 0 Å². The van der Waals surface area contributed by atoms with Crippen LogP contribution in [0.2, 0.25) is 0 Å². The van der Waals surface area contributed by atoms with E-state index in [1.165, 1.54) is 17.7 Å². The van der Waals surface area contributed by atoms with E-state index in [-0.39, 0.29) is 0 Å². The van der Waals surface area contributed by atoms with Crippen LogP contribution in [-0.4, -0.2) is 19.4 Å². The van der Waals surface area contributed by atoms with Crippen molar-refractivity contribution in [3.05, 3.63) is 29.8 Å². The van der Waals surface area contributed by atoms with E-state index >= 15 is 0 Å². The van der Waals surface area contributed by atoms with Gasteiger partial charge in [-0.3, -0.25) is 4.99 Å². The zero-order valence-corrected chi connectivity index (χ0v) is 7.79. The van der Waals surface area contributed by atoms with Gasteiger partial charge in [-0.25, -0.2) is 0 Å². The number of aliphatic imine (C=N–C) groups is 1. The Hall–Kier alpha value is -1.31. The Labute approximate surface area is 78.3 Å². The highest BCUT2D eigenvalue weighted by molar-refractivity contribution is 6.01. The number of methoxy groups -OCH3 is 1. The number of hydrogen-bond donors (Lipinski definition) is 0. The molecule has 68 valence electrons. The maximum Gasteiger partial charge on any atom is 0.119 e. The Kier molecular flexibility index (Phi) is 2.30. The molecule has 0 aliphatic carbocycles. The molecular formula is C11H13NO. The summed E-state index contributed by atoms with van der Waals surface area (Å²) in [5.41, 5.74) is 2.43. The van der Waals surface area contributed by atoms with E-state index in [4.69, 9.17) is 4.74 Å². The summed E-state index contributed by atoms with van der Waals surface area (Å²) in [6.07, 6.45) is 2.29. The van der Waals surface area contributed by atoms with Crippen LogP contribution in [0.5, 0.6) is 5.75 Å². The number of ether oxygens (including phenoxy) is 1. The van der Waals surface area contributed by atoms with Gasteiger partial charge in [0, 0.05) is 12.3 Å². The topological polar surface area (TPSA) is 21.6 Å². The fourth-order valence-corrected chi connectivity index (χ4v) is 1.58. The van der Waals surface area contributed by atoms with Gasteiger partial charge >= 0.3 is 0 Å². The summed E-state index contributed by atoms with van der Waals surface area (Å²) in [4.78, 5) is 4.44. The molecule has 1 heterocycles. The maximum absolute atomic E-state index is 5.16. The second-order valence-electron chi connectivity index (χ2n) is 3.16. The van der Waals surface area contributed by atoms with Crippen molar-refractivity contribution < 1.29 is 4.74 Å². The van der Waals surface area contributed by atoms with Crippen molar-refractivity contribution in [1.82, 2.24) is 0 Å². The van der Waals surface area contributed by atoms with Crippen molar-refractivity contribution in [3.63, 3.8) is 0 Å². The lowest BCUT2D eigenvalue weighted by atomic mass is 10.1. The van der Waals surface area contributed by atoms with Gasteiger partial charge in [-0.1, -0.05) is 12.1 Å². The summed E-state index contributed by atoms with van der Waals surface area (Å²) in [6.45, 7) is 0.979. The van der Waals surface area contributed by atoms with Gasteiger partial charge in [0.15, 0.2) is 0 Å². The third-order valence-corrected chi connectivity index (χ3v) is 2.28. The van der Waals surface area contributed by atoms with Crippen molar-refractivity contribution in [2.24, 2.45) is 4.99 Å². The minimum Gasteiger partial charge on any atom is -0.497 e. The number of nitrogens with zero attached hydrogens (tertiary/aromatic N) is 1. The lowest BCUT2D eigenvalue weighted by molar-refractivity contribution is 0.414. The predicted molar refractivity (Wildman–Crippen MR) is 53.6 cm³/mol. The van der Waals surface area contributed by atoms with Crippen LogP contribution in [0.4, 0.5) is 0 Å². The summed E-state index contributed by atoms with van der Waals surface area (Å²) in [6, 6.07) is 8.10. The van der Waals surface area contributed by atoms with E-state index < -0.39 is 0 Å². The van der Waals surface area contributed by atoms with Crippen LogP contribution in [0.25, 0.3) is 0 Å². The fraction of sp³-hybridized carbons (Fsp3) is 0.364. The molecule has 0 N–H and O–H groups in total. The number of benzene rings is 1. The number of hydrogen-bond acceptors (Lipinski definition) is 2. The fourth-order valence-electron chi connectivity index (χ4n) is 1.58. The molecule has 0 bridgehead atoms. The maximum atomic E-state index is 5.16. The van der Waals surface area contributed by atoms with E-state index in [1.807, 2.05) is 18.2 Å². The molecule has 2 nitrogen and oxygen atoms in total. The quantitative estimate of drug-likeness (QED) is 0.675. The molecule has 0 radical (unpaired) electrons. The lowest BCUT2D eigenvalue weighted by Crippen LogP contribution is -1.96. The molecular weight excluding hydrogens is 162 g/mol. The second-order valence-corrected chi connectivity index (χ2v) is 3.16. The molecule has 1 aliphatic rings. The largest absolute Gasteiger partial charge is 0.497 e. The van der Waals surface area contributed by atoms with Crippen LogP contribution in [0.15, 0.2) is 29.3 Å². The summed E-state index contributed by atoms with van der Waals surface area (Å²) < 4.78 is 5.16. The van der Waals surface area contributed by atoms with Crippen LogP contribution in [0.3, 0.4) is 0 Å². The van der Waals surface area contributed by atoms with E-state index in [0.717, 1.165) is 18.7 Å². The average Bonchev–Trinajstić information content (AvgIpc) is 2.71. The normalized spacial score (nSPS) is 15.6. The van der Waals surface area contributed by atoms with Gasteiger partial charge in [-0.05, 0) is 30.5 Å². The highest BCUT2D eigenvalue weighted by Gasteiger charge is 2.08. The first kappa shape index (κ1) is 8.30. The Bertz CT molecular complexity index is 331. The van der Waals surface area contributed by atoms with Gasteiger partial charge in [0.05, 0.1) is 7.11 Å². The van der Waals surface area contributed by atoms with Crippen molar-refractivity contribution >= 4 is 5.71 Å². The van der Waals surface area contributed by atoms with Gasteiger partial charge in [0.25, 0.3) is 0 Å². The van der Waals surface area contributed by atoms with Crippen LogP contribution in [-0.2, 0) is 0 Å². The van der Waals surface area contributed by atoms with Crippen LogP contribution in [0, 0.1) is 0 Å². The summed E-state index contributed by atoms with van der Waals surface area (Å²) in [5, 5.41) is 0. The minimum absolute atomic E-state index is 0.909. The molecule has 0 unspecified atom stereocenters. The summed E-state index contributed by atoms with van der Waals surface area (Å²) >= 11 is 0. The average molecular weight is 175 g/mol. The monoisotopic (exact) mass is 175 g/mol. The summed E-state index contributed by atoms with van der Waals surface area (Å²) in [5.74, 6) is 0.909. The molecule has 1 aromatic rings. The van der Waals surface area contributed by atoms with Gasteiger partial charge in [-0.15, -0.1) is 0 Å². The molecule has 0 spiro atoms. The summed E-state index contributed by atoms with van der Waals surface area (Å²) in [7, 11) is 1.69. The third kappa shape index (κ3) is 1.72. The molecule has 0 amide bonds. The molecule has 0 saturated carbocycles. The molecule has 2 heteroatoms. The third-order valence-electron chi connectivity index (χ3n) is 2.28. The highest BCUT2D eigenvalue weighted by Crippen LogP contribution is 2.17. The van der Waals surface area contributed by atoms with E-state index in [9.17, 15) is 0 Å². The molecule has 0 atom stereocenters. The van der Waals surface area contributed by atoms with Crippen molar-refractivity contribution in [2.45, 2.75) is 12.8 Å². The predicted octanol–water partition coefficient (Wildman–Crippen LogP) is 2.28. The zero-order chi connectivity index (χ0) is 9.10. The molecule has 1 aromatic carbocycles. The Morgan fingerprint density at radius 2 is 2.31 bits per heavy atom. The standard InChI is InChI=1S/C11H13NO/c1-13-10-5-2-4-9(8-10)11-6-3-7-12-11/h2,4-5,8H,3,6-7H2,1H3.